The lowest BCUT2D eigenvalue weighted by Gasteiger charge is -2.33. The molecule has 6 heteroatoms. The Kier molecular flexibility index (Phi) is 4.13. The van der Waals surface area contributed by atoms with E-state index in [0.29, 0.717) is 12.0 Å². The first kappa shape index (κ1) is 17.0. The van der Waals surface area contributed by atoms with E-state index in [2.05, 4.69) is 33.0 Å². The van der Waals surface area contributed by atoms with Crippen LogP contribution in [0.3, 0.4) is 0 Å². The van der Waals surface area contributed by atoms with Crippen molar-refractivity contribution in [2.75, 3.05) is 31.1 Å². The molecule has 3 aliphatic heterocycles. The number of hydrogen-bond donors (Lipinski definition) is 0. The average Bonchev–Trinajstić information content (AvgIpc) is 2.69. The van der Waals surface area contributed by atoms with Gasteiger partial charge in [0.1, 0.15) is 18.0 Å². The van der Waals surface area contributed by atoms with E-state index in [1.54, 1.807) is 0 Å². The Labute approximate surface area is 157 Å². The van der Waals surface area contributed by atoms with Gasteiger partial charge in [-0.25, -0.2) is 4.79 Å². The number of amides is 1. The molecule has 136 valence electrons. The summed E-state index contributed by atoms with van der Waals surface area (Å²) in [5.41, 5.74) is 2.19. The Hall–Kier alpha value is -1.43. The Morgan fingerprint density at radius 2 is 2.00 bits per heavy atom. The van der Waals surface area contributed by atoms with Gasteiger partial charge in [0.05, 0.1) is 12.2 Å². The second-order valence-corrected chi connectivity index (χ2v) is 9.02. The van der Waals surface area contributed by atoms with Crippen molar-refractivity contribution in [2.45, 2.75) is 51.2 Å². The molecule has 0 saturated carbocycles. The van der Waals surface area contributed by atoms with Gasteiger partial charge < -0.3 is 19.3 Å². The van der Waals surface area contributed by atoms with Crippen LogP contribution in [0.1, 0.15) is 45.1 Å². The zero-order valence-corrected chi connectivity index (χ0v) is 16.6. The fourth-order valence-corrected chi connectivity index (χ4v) is 4.78. The minimum Gasteiger partial charge on any atom is -0.490 e. The molecular formula is C19H25BrN2O3. The van der Waals surface area contributed by atoms with E-state index in [0.717, 1.165) is 49.3 Å². The van der Waals surface area contributed by atoms with Crippen LogP contribution in [0.25, 0.3) is 0 Å². The summed E-state index contributed by atoms with van der Waals surface area (Å²) < 4.78 is 12.5. The second kappa shape index (κ2) is 6.08. The summed E-state index contributed by atoms with van der Waals surface area (Å²) in [6, 6.07) is 4.75. The predicted octanol–water partition coefficient (Wildman–Crippen LogP) is 4.14. The highest BCUT2D eigenvalue weighted by Gasteiger charge is 2.43. The van der Waals surface area contributed by atoms with Crippen LogP contribution < -0.4 is 9.64 Å². The average molecular weight is 409 g/mol. The minimum absolute atomic E-state index is 0.190. The molecule has 1 saturated heterocycles. The normalized spacial score (nSPS) is 25.0. The summed E-state index contributed by atoms with van der Waals surface area (Å²) in [6.07, 6.45) is 1.74. The van der Waals surface area contributed by atoms with E-state index in [1.807, 2.05) is 25.7 Å². The number of ether oxygens (including phenoxy) is 2. The number of fused-ring (bicyclic) bond motifs is 3. The van der Waals surface area contributed by atoms with Crippen LogP contribution >= 0.6 is 15.9 Å². The standard InChI is InChI=1S/C19H25BrN2O3/c1-19(2,3)25-18(23)21-6-4-13-14-10-12(20)11-16-17(14)22(8-9-24-16)15(13)5-7-21/h10-11,13,15H,4-9H2,1-3H3. The van der Waals surface area contributed by atoms with Gasteiger partial charge in [-0.1, -0.05) is 15.9 Å². The SMILES string of the molecule is CC(C)(C)OC(=O)N1CCC2c3cc(Br)cc4c3N(CCO4)C2CC1. The van der Waals surface area contributed by atoms with Crippen LogP contribution in [0.4, 0.5) is 10.5 Å². The number of likely N-dealkylation sites (tertiary alicyclic amines) is 1. The molecule has 0 bridgehead atoms. The third-order valence-corrected chi connectivity index (χ3v) is 5.72. The summed E-state index contributed by atoms with van der Waals surface area (Å²) in [5, 5.41) is 0. The van der Waals surface area contributed by atoms with E-state index in [-0.39, 0.29) is 6.09 Å². The molecule has 1 fully saturated rings. The quantitative estimate of drug-likeness (QED) is 0.646. The van der Waals surface area contributed by atoms with Gasteiger partial charge in [0, 0.05) is 29.5 Å². The van der Waals surface area contributed by atoms with E-state index < -0.39 is 5.60 Å². The number of halogens is 1. The molecule has 0 radical (unpaired) electrons. The number of anilines is 1. The molecule has 0 aromatic heterocycles. The zero-order valence-electron chi connectivity index (χ0n) is 15.0. The zero-order chi connectivity index (χ0) is 17.8. The summed E-state index contributed by atoms with van der Waals surface area (Å²) >= 11 is 3.62. The molecule has 2 unspecified atom stereocenters. The predicted molar refractivity (Wildman–Crippen MR) is 101 cm³/mol. The molecule has 1 aromatic carbocycles. The number of nitrogens with zero attached hydrogens (tertiary/aromatic N) is 2. The lowest BCUT2D eigenvalue weighted by atomic mass is 9.91. The Bertz CT molecular complexity index is 701. The fraction of sp³-hybridized carbons (Fsp3) is 0.632. The first-order valence-corrected chi connectivity index (χ1v) is 9.83. The molecule has 5 nitrogen and oxygen atoms in total. The molecule has 3 heterocycles. The molecule has 25 heavy (non-hydrogen) atoms. The van der Waals surface area contributed by atoms with Crippen molar-refractivity contribution in [3.63, 3.8) is 0 Å². The minimum atomic E-state index is -0.449. The smallest absolute Gasteiger partial charge is 0.410 e. The largest absolute Gasteiger partial charge is 0.490 e. The molecule has 0 aliphatic carbocycles. The third-order valence-electron chi connectivity index (χ3n) is 5.27. The molecule has 0 spiro atoms. The lowest BCUT2D eigenvalue weighted by molar-refractivity contribution is 0.0255. The fourth-order valence-electron chi connectivity index (χ4n) is 4.33. The van der Waals surface area contributed by atoms with Gasteiger partial charge in [-0.05, 0) is 51.3 Å². The molecular weight excluding hydrogens is 384 g/mol. The topological polar surface area (TPSA) is 42.0 Å². The van der Waals surface area contributed by atoms with Crippen LogP contribution in [0.15, 0.2) is 16.6 Å². The monoisotopic (exact) mass is 408 g/mol. The highest BCUT2D eigenvalue weighted by Crippen LogP contribution is 2.52. The summed E-state index contributed by atoms with van der Waals surface area (Å²) in [7, 11) is 0. The first-order chi connectivity index (χ1) is 11.8. The maximum Gasteiger partial charge on any atom is 0.410 e. The van der Waals surface area contributed by atoms with Crippen LogP contribution in [-0.4, -0.2) is 48.9 Å². The first-order valence-electron chi connectivity index (χ1n) is 9.04. The van der Waals surface area contributed by atoms with Gasteiger partial charge in [0.25, 0.3) is 0 Å². The van der Waals surface area contributed by atoms with Crippen LogP contribution in [-0.2, 0) is 4.74 Å². The van der Waals surface area contributed by atoms with Crippen molar-refractivity contribution < 1.29 is 14.3 Å². The molecule has 0 N–H and O–H groups in total. The number of benzene rings is 1. The van der Waals surface area contributed by atoms with Gasteiger partial charge in [0.15, 0.2) is 0 Å². The van der Waals surface area contributed by atoms with E-state index in [9.17, 15) is 4.79 Å². The van der Waals surface area contributed by atoms with Crippen molar-refractivity contribution in [3.05, 3.63) is 22.2 Å². The van der Waals surface area contributed by atoms with Crippen molar-refractivity contribution in [1.29, 1.82) is 0 Å². The number of hydrogen-bond acceptors (Lipinski definition) is 4. The summed E-state index contributed by atoms with van der Waals surface area (Å²) in [6.45, 7) is 8.89. The van der Waals surface area contributed by atoms with E-state index >= 15 is 0 Å². The maximum absolute atomic E-state index is 12.5. The summed E-state index contributed by atoms with van der Waals surface area (Å²) in [4.78, 5) is 16.8. The maximum atomic E-state index is 12.5. The van der Waals surface area contributed by atoms with E-state index in [1.165, 1.54) is 11.3 Å². The van der Waals surface area contributed by atoms with Crippen molar-refractivity contribution in [2.24, 2.45) is 0 Å². The van der Waals surface area contributed by atoms with E-state index in [4.69, 9.17) is 9.47 Å². The Balaban J connectivity index is 1.58. The number of carbonyl (C=O) groups excluding carboxylic acids is 1. The van der Waals surface area contributed by atoms with Gasteiger partial charge >= 0.3 is 6.09 Å². The van der Waals surface area contributed by atoms with Crippen LogP contribution in [0, 0.1) is 0 Å². The highest BCUT2D eigenvalue weighted by atomic mass is 79.9. The van der Waals surface area contributed by atoms with Gasteiger partial charge in [-0.2, -0.15) is 0 Å². The number of rotatable bonds is 0. The molecule has 3 aliphatic rings. The Morgan fingerprint density at radius 3 is 2.76 bits per heavy atom. The van der Waals surface area contributed by atoms with Gasteiger partial charge in [-0.15, -0.1) is 0 Å². The van der Waals surface area contributed by atoms with Crippen LogP contribution in [0.2, 0.25) is 0 Å². The molecule has 1 amide bonds. The third kappa shape index (κ3) is 3.09. The number of carbonyl (C=O) groups is 1. The Morgan fingerprint density at radius 1 is 1.24 bits per heavy atom. The van der Waals surface area contributed by atoms with Crippen molar-refractivity contribution >= 4 is 27.7 Å². The van der Waals surface area contributed by atoms with Crippen molar-refractivity contribution in [1.82, 2.24) is 4.90 Å². The highest BCUT2D eigenvalue weighted by molar-refractivity contribution is 9.10. The van der Waals surface area contributed by atoms with Gasteiger partial charge in [-0.3, -0.25) is 0 Å². The van der Waals surface area contributed by atoms with Crippen molar-refractivity contribution in [3.8, 4) is 5.75 Å². The molecule has 1 aromatic rings. The van der Waals surface area contributed by atoms with Gasteiger partial charge in [0.2, 0.25) is 0 Å². The summed E-state index contributed by atoms with van der Waals surface area (Å²) in [5.74, 6) is 1.44. The second-order valence-electron chi connectivity index (χ2n) is 8.10. The molecule has 4 rings (SSSR count). The van der Waals surface area contributed by atoms with Crippen LogP contribution in [0.5, 0.6) is 5.75 Å². The molecule has 2 atom stereocenters. The lowest BCUT2D eigenvalue weighted by Crippen LogP contribution is -2.41.